The molecule has 0 aromatic rings. The Morgan fingerprint density at radius 3 is 1.42 bits per heavy atom. The van der Waals surface area contributed by atoms with E-state index in [0.29, 0.717) is 0 Å². The normalized spacial score (nSPS) is 12.6. The molecule has 0 aliphatic heterocycles. The highest BCUT2D eigenvalue weighted by Crippen LogP contribution is 2.17. The smallest absolute Gasteiger partial charge is 0.427 e. The number of hydrogen-bond acceptors (Lipinski definition) is 2. The maximum Gasteiger partial charge on any atom is 0.454 e. The maximum absolute atomic E-state index is 8.95. The van der Waals surface area contributed by atoms with E-state index >= 15 is 0 Å². The third-order valence-corrected chi connectivity index (χ3v) is 4.02. The van der Waals surface area contributed by atoms with Crippen molar-refractivity contribution >= 4 is 7.12 Å². The van der Waals surface area contributed by atoms with E-state index in [1.807, 2.05) is 6.92 Å². The van der Waals surface area contributed by atoms with Crippen LogP contribution in [-0.2, 0) is 0 Å². The fraction of sp³-hybridized carbons (Fsp3) is 1.00. The maximum atomic E-state index is 8.95. The Bertz CT molecular complexity index is 174. The van der Waals surface area contributed by atoms with Crippen LogP contribution < -0.4 is 0 Å². The quantitative estimate of drug-likeness (QED) is 0.346. The van der Waals surface area contributed by atoms with Gasteiger partial charge in [0.15, 0.2) is 0 Å². The molecule has 0 bridgehead atoms. The molecule has 2 N–H and O–H groups in total. The van der Waals surface area contributed by atoms with E-state index < -0.39 is 7.12 Å². The van der Waals surface area contributed by atoms with Crippen molar-refractivity contribution in [1.82, 2.24) is 0 Å². The van der Waals surface area contributed by atoms with Gasteiger partial charge in [-0.3, -0.25) is 0 Å². The van der Waals surface area contributed by atoms with Gasteiger partial charge in [-0.2, -0.15) is 0 Å². The van der Waals surface area contributed by atoms with Gasteiger partial charge in [0.2, 0.25) is 0 Å². The fourth-order valence-electron chi connectivity index (χ4n) is 2.46. The van der Waals surface area contributed by atoms with Gasteiger partial charge in [-0.15, -0.1) is 0 Å². The van der Waals surface area contributed by atoms with Crippen LogP contribution in [0.4, 0.5) is 0 Å². The van der Waals surface area contributed by atoms with Crippen molar-refractivity contribution in [2.45, 2.75) is 103 Å². The van der Waals surface area contributed by atoms with Crippen LogP contribution >= 0.6 is 0 Å². The van der Waals surface area contributed by atoms with E-state index in [-0.39, 0.29) is 5.82 Å². The van der Waals surface area contributed by atoms with Crippen LogP contribution in [0.3, 0.4) is 0 Å². The van der Waals surface area contributed by atoms with Gasteiger partial charge in [0, 0.05) is 0 Å². The van der Waals surface area contributed by atoms with Gasteiger partial charge in [-0.05, 0) is 5.82 Å². The molecule has 0 saturated heterocycles. The summed E-state index contributed by atoms with van der Waals surface area (Å²) in [7, 11) is -1.13. The van der Waals surface area contributed by atoms with Crippen LogP contribution in [0.1, 0.15) is 97.3 Å². The van der Waals surface area contributed by atoms with E-state index in [9.17, 15) is 0 Å². The minimum absolute atomic E-state index is 0.0307. The third kappa shape index (κ3) is 14.2. The average molecular weight is 270 g/mol. The Kier molecular flexibility index (Phi) is 14.4. The first kappa shape index (κ1) is 19.0. The molecule has 0 heterocycles. The van der Waals surface area contributed by atoms with E-state index in [0.717, 1.165) is 12.8 Å². The van der Waals surface area contributed by atoms with Gasteiger partial charge in [0.05, 0.1) is 0 Å². The minimum Gasteiger partial charge on any atom is -0.427 e. The standard InChI is InChI=1S/C16H35BO2/c1-3-4-5-6-7-8-9-10-11-12-13-14-15-16(2)17(18)19/h16,18-19H,3-15H2,1-2H3. The molecule has 0 aromatic heterocycles. The molecule has 2 nitrogen and oxygen atoms in total. The second-order valence-corrected chi connectivity index (χ2v) is 6.07. The zero-order valence-corrected chi connectivity index (χ0v) is 13.2. The zero-order valence-electron chi connectivity index (χ0n) is 13.2. The Morgan fingerprint density at radius 2 is 1.05 bits per heavy atom. The largest absolute Gasteiger partial charge is 0.454 e. The summed E-state index contributed by atoms with van der Waals surface area (Å²) in [5, 5.41) is 17.9. The van der Waals surface area contributed by atoms with Gasteiger partial charge >= 0.3 is 7.12 Å². The van der Waals surface area contributed by atoms with Gasteiger partial charge in [-0.25, -0.2) is 0 Å². The van der Waals surface area contributed by atoms with Crippen LogP contribution in [0.5, 0.6) is 0 Å². The molecule has 114 valence electrons. The number of hydrogen-bond donors (Lipinski definition) is 2. The van der Waals surface area contributed by atoms with E-state index in [1.165, 1.54) is 70.6 Å². The van der Waals surface area contributed by atoms with Crippen molar-refractivity contribution in [3.8, 4) is 0 Å². The molecule has 3 heteroatoms. The first-order chi connectivity index (χ1) is 9.18. The van der Waals surface area contributed by atoms with Crippen LogP contribution in [-0.4, -0.2) is 17.2 Å². The number of rotatable bonds is 14. The molecular weight excluding hydrogens is 235 g/mol. The highest BCUT2D eigenvalue weighted by Gasteiger charge is 2.16. The summed E-state index contributed by atoms with van der Waals surface area (Å²) < 4.78 is 0. The van der Waals surface area contributed by atoms with E-state index in [4.69, 9.17) is 10.0 Å². The summed E-state index contributed by atoms with van der Waals surface area (Å²) in [6.07, 6.45) is 17.2. The van der Waals surface area contributed by atoms with Crippen molar-refractivity contribution in [2.75, 3.05) is 0 Å². The summed E-state index contributed by atoms with van der Waals surface area (Å²) in [6.45, 7) is 4.17. The summed E-state index contributed by atoms with van der Waals surface area (Å²) in [6, 6.07) is 0. The predicted molar refractivity (Wildman–Crippen MR) is 85.3 cm³/mol. The van der Waals surface area contributed by atoms with Crippen molar-refractivity contribution in [1.29, 1.82) is 0 Å². The van der Waals surface area contributed by atoms with Gasteiger partial charge in [-0.1, -0.05) is 97.3 Å². The molecule has 1 unspecified atom stereocenters. The van der Waals surface area contributed by atoms with Crippen molar-refractivity contribution in [2.24, 2.45) is 0 Å². The zero-order chi connectivity index (χ0) is 14.3. The van der Waals surface area contributed by atoms with E-state index in [1.54, 1.807) is 0 Å². The first-order valence-corrected chi connectivity index (χ1v) is 8.54. The highest BCUT2D eigenvalue weighted by molar-refractivity contribution is 6.42. The average Bonchev–Trinajstić information content (AvgIpc) is 2.39. The fourth-order valence-corrected chi connectivity index (χ4v) is 2.46. The lowest BCUT2D eigenvalue weighted by Crippen LogP contribution is -2.17. The van der Waals surface area contributed by atoms with Crippen LogP contribution in [0.25, 0.3) is 0 Å². The lowest BCUT2D eigenvalue weighted by molar-refractivity contribution is 0.380. The Morgan fingerprint density at radius 1 is 0.684 bits per heavy atom. The molecule has 0 amide bonds. The summed E-state index contributed by atoms with van der Waals surface area (Å²) in [5.74, 6) is 0.0307. The number of unbranched alkanes of at least 4 members (excludes halogenated alkanes) is 11. The molecule has 0 fully saturated rings. The molecule has 0 radical (unpaired) electrons. The minimum atomic E-state index is -1.13. The molecule has 0 aliphatic rings. The van der Waals surface area contributed by atoms with Crippen LogP contribution in [0, 0.1) is 0 Å². The molecule has 0 saturated carbocycles. The monoisotopic (exact) mass is 270 g/mol. The van der Waals surface area contributed by atoms with Gasteiger partial charge in [0.1, 0.15) is 0 Å². The summed E-state index contributed by atoms with van der Waals surface area (Å²) >= 11 is 0. The molecular formula is C16H35BO2. The van der Waals surface area contributed by atoms with Crippen molar-refractivity contribution in [3.63, 3.8) is 0 Å². The first-order valence-electron chi connectivity index (χ1n) is 8.54. The molecule has 0 rings (SSSR count). The van der Waals surface area contributed by atoms with Gasteiger partial charge < -0.3 is 10.0 Å². The molecule has 0 aromatic carbocycles. The highest BCUT2D eigenvalue weighted by atomic mass is 16.4. The molecule has 0 aliphatic carbocycles. The second-order valence-electron chi connectivity index (χ2n) is 6.07. The summed E-state index contributed by atoms with van der Waals surface area (Å²) in [5.41, 5.74) is 0. The van der Waals surface area contributed by atoms with Crippen LogP contribution in [0.2, 0.25) is 5.82 Å². The molecule has 1 atom stereocenters. The van der Waals surface area contributed by atoms with Crippen LogP contribution in [0.15, 0.2) is 0 Å². The molecule has 0 spiro atoms. The Balaban J connectivity index is 3.03. The Labute approximate surface area is 121 Å². The topological polar surface area (TPSA) is 40.5 Å². The van der Waals surface area contributed by atoms with Crippen molar-refractivity contribution in [3.05, 3.63) is 0 Å². The van der Waals surface area contributed by atoms with Gasteiger partial charge in [0.25, 0.3) is 0 Å². The molecule has 19 heavy (non-hydrogen) atoms. The summed E-state index contributed by atoms with van der Waals surface area (Å²) in [4.78, 5) is 0. The Hall–Kier alpha value is -0.0151. The lowest BCUT2D eigenvalue weighted by Gasteiger charge is -2.08. The third-order valence-electron chi connectivity index (χ3n) is 4.02. The second kappa shape index (κ2) is 14.4. The SMILES string of the molecule is CCCCCCCCCCCCCCC(C)B(O)O. The van der Waals surface area contributed by atoms with E-state index in [2.05, 4.69) is 6.92 Å². The van der Waals surface area contributed by atoms with Crippen molar-refractivity contribution < 1.29 is 10.0 Å². The predicted octanol–water partition coefficient (Wildman–Crippen LogP) is 4.94. The lowest BCUT2D eigenvalue weighted by atomic mass is 9.71.